The second kappa shape index (κ2) is 9.93. The third-order valence-corrected chi connectivity index (χ3v) is 4.53. The first-order valence-electron chi connectivity index (χ1n) is 8.36. The number of guanidine groups is 1. The fourth-order valence-electron chi connectivity index (χ4n) is 3.29. The predicted molar refractivity (Wildman–Crippen MR) is 103 cm³/mol. The molecule has 6 heteroatoms. The lowest BCUT2D eigenvalue weighted by Gasteiger charge is -2.28. The van der Waals surface area contributed by atoms with Crippen molar-refractivity contribution in [2.24, 2.45) is 10.9 Å². The SMILES string of the molecule is CN=C(NCCN(C(C)C)C1CC1)N1CCC(COC)C1.I. The minimum absolute atomic E-state index is 0. The van der Waals surface area contributed by atoms with E-state index in [4.69, 9.17) is 4.74 Å². The van der Waals surface area contributed by atoms with Crippen molar-refractivity contribution >= 4 is 29.9 Å². The maximum absolute atomic E-state index is 5.27. The summed E-state index contributed by atoms with van der Waals surface area (Å²) in [5.41, 5.74) is 0. The number of methoxy groups -OCH3 is 1. The highest BCUT2D eigenvalue weighted by Gasteiger charge is 2.30. The average molecular weight is 424 g/mol. The van der Waals surface area contributed by atoms with Crippen LogP contribution in [0.3, 0.4) is 0 Å². The molecule has 0 spiro atoms. The van der Waals surface area contributed by atoms with Gasteiger partial charge >= 0.3 is 0 Å². The van der Waals surface area contributed by atoms with Gasteiger partial charge in [0.25, 0.3) is 0 Å². The van der Waals surface area contributed by atoms with Gasteiger partial charge in [-0.15, -0.1) is 24.0 Å². The summed E-state index contributed by atoms with van der Waals surface area (Å²) in [4.78, 5) is 9.41. The largest absolute Gasteiger partial charge is 0.384 e. The van der Waals surface area contributed by atoms with E-state index in [0.717, 1.165) is 44.8 Å². The van der Waals surface area contributed by atoms with E-state index < -0.39 is 0 Å². The summed E-state index contributed by atoms with van der Waals surface area (Å²) in [6.45, 7) is 9.68. The van der Waals surface area contributed by atoms with Gasteiger partial charge in [0.1, 0.15) is 0 Å². The molecule has 2 fully saturated rings. The van der Waals surface area contributed by atoms with Crippen molar-refractivity contribution in [1.82, 2.24) is 15.1 Å². The molecule has 1 aliphatic carbocycles. The van der Waals surface area contributed by atoms with Crippen LogP contribution in [0.15, 0.2) is 4.99 Å². The summed E-state index contributed by atoms with van der Waals surface area (Å²) in [7, 11) is 3.67. The third-order valence-electron chi connectivity index (χ3n) is 4.53. The van der Waals surface area contributed by atoms with Crippen molar-refractivity contribution < 1.29 is 4.74 Å². The van der Waals surface area contributed by atoms with Gasteiger partial charge < -0.3 is 15.0 Å². The Morgan fingerprint density at radius 3 is 2.64 bits per heavy atom. The Balaban J connectivity index is 0.00000242. The molecule has 0 bridgehead atoms. The first kappa shape index (κ1) is 20.0. The van der Waals surface area contributed by atoms with Crippen LogP contribution >= 0.6 is 24.0 Å². The minimum Gasteiger partial charge on any atom is -0.384 e. The molecule has 0 aromatic rings. The predicted octanol–water partition coefficient (Wildman–Crippen LogP) is 2.02. The van der Waals surface area contributed by atoms with Gasteiger partial charge in [0.2, 0.25) is 0 Å². The molecule has 0 radical (unpaired) electrons. The first-order chi connectivity index (χ1) is 10.2. The first-order valence-corrected chi connectivity index (χ1v) is 8.36. The molecule has 130 valence electrons. The van der Waals surface area contributed by atoms with Gasteiger partial charge in [-0.05, 0) is 33.1 Å². The van der Waals surface area contributed by atoms with Crippen LogP contribution in [0, 0.1) is 5.92 Å². The fraction of sp³-hybridized carbons (Fsp3) is 0.938. The van der Waals surface area contributed by atoms with Crippen molar-refractivity contribution in [3.63, 3.8) is 0 Å². The highest BCUT2D eigenvalue weighted by Crippen LogP contribution is 2.27. The Morgan fingerprint density at radius 2 is 2.09 bits per heavy atom. The van der Waals surface area contributed by atoms with Gasteiger partial charge in [-0.2, -0.15) is 0 Å². The molecule has 1 heterocycles. The number of ether oxygens (including phenoxy) is 1. The molecule has 0 aromatic carbocycles. The van der Waals surface area contributed by atoms with Crippen LogP contribution in [0.25, 0.3) is 0 Å². The standard InChI is InChI=1S/C16H32N4O.HI/c1-13(2)20(15-5-6-15)10-8-18-16(17-3)19-9-7-14(11-19)12-21-4;/h13-15H,5-12H2,1-4H3,(H,17,18);1H. The Labute approximate surface area is 152 Å². The molecule has 2 aliphatic rings. The summed E-state index contributed by atoms with van der Waals surface area (Å²) in [5, 5.41) is 3.54. The van der Waals surface area contributed by atoms with E-state index in [0.29, 0.717) is 12.0 Å². The molecule has 1 saturated heterocycles. The van der Waals surface area contributed by atoms with E-state index in [1.807, 2.05) is 7.05 Å². The maximum atomic E-state index is 5.27. The Kier molecular flexibility index (Phi) is 9.01. The summed E-state index contributed by atoms with van der Waals surface area (Å²) in [6.07, 6.45) is 3.95. The zero-order chi connectivity index (χ0) is 15.2. The molecule has 22 heavy (non-hydrogen) atoms. The van der Waals surface area contributed by atoms with Crippen LogP contribution in [0.5, 0.6) is 0 Å². The van der Waals surface area contributed by atoms with Crippen molar-refractivity contribution in [3.05, 3.63) is 0 Å². The zero-order valence-electron chi connectivity index (χ0n) is 14.5. The minimum atomic E-state index is 0. The van der Waals surface area contributed by atoms with E-state index in [9.17, 15) is 0 Å². The summed E-state index contributed by atoms with van der Waals surface area (Å²) in [5.74, 6) is 1.69. The van der Waals surface area contributed by atoms with Crippen LogP contribution in [-0.4, -0.2) is 74.8 Å². The molecular formula is C16H33IN4O. The van der Waals surface area contributed by atoms with E-state index in [1.165, 1.54) is 19.3 Å². The molecule has 0 amide bonds. The molecule has 1 N–H and O–H groups in total. The lowest BCUT2D eigenvalue weighted by atomic mass is 10.1. The van der Waals surface area contributed by atoms with Crippen molar-refractivity contribution in [2.45, 2.75) is 45.2 Å². The Bertz CT molecular complexity index is 345. The smallest absolute Gasteiger partial charge is 0.193 e. The van der Waals surface area contributed by atoms with E-state index in [1.54, 1.807) is 7.11 Å². The van der Waals surface area contributed by atoms with Crippen molar-refractivity contribution in [1.29, 1.82) is 0 Å². The number of hydrogen-bond donors (Lipinski definition) is 1. The van der Waals surface area contributed by atoms with Gasteiger partial charge in [-0.1, -0.05) is 0 Å². The molecule has 2 rings (SSSR count). The quantitative estimate of drug-likeness (QED) is 0.386. The van der Waals surface area contributed by atoms with E-state index in [-0.39, 0.29) is 24.0 Å². The second-order valence-corrected chi connectivity index (χ2v) is 6.59. The fourth-order valence-corrected chi connectivity index (χ4v) is 3.29. The van der Waals surface area contributed by atoms with Gasteiger partial charge in [-0.25, -0.2) is 0 Å². The molecule has 1 unspecified atom stereocenters. The summed E-state index contributed by atoms with van der Waals surface area (Å²) in [6, 6.07) is 1.46. The number of halogens is 1. The Hall–Kier alpha value is -0.0800. The second-order valence-electron chi connectivity index (χ2n) is 6.59. The lowest BCUT2D eigenvalue weighted by Crippen LogP contribution is -2.45. The molecule has 5 nitrogen and oxygen atoms in total. The van der Waals surface area contributed by atoms with Gasteiger partial charge in [0.15, 0.2) is 5.96 Å². The van der Waals surface area contributed by atoms with Crippen molar-refractivity contribution in [3.8, 4) is 0 Å². The Morgan fingerprint density at radius 1 is 1.36 bits per heavy atom. The van der Waals surface area contributed by atoms with E-state index in [2.05, 4.69) is 34.0 Å². The van der Waals surface area contributed by atoms with Gasteiger partial charge in [0, 0.05) is 58.3 Å². The van der Waals surface area contributed by atoms with Gasteiger partial charge in [0.05, 0.1) is 6.61 Å². The topological polar surface area (TPSA) is 40.1 Å². The number of rotatable bonds is 7. The number of hydrogen-bond acceptors (Lipinski definition) is 3. The summed E-state index contributed by atoms with van der Waals surface area (Å²) >= 11 is 0. The number of nitrogens with zero attached hydrogens (tertiary/aromatic N) is 3. The highest BCUT2D eigenvalue weighted by molar-refractivity contribution is 14.0. The number of aliphatic imine (C=N–C) groups is 1. The van der Waals surface area contributed by atoms with Crippen LogP contribution in [0.2, 0.25) is 0 Å². The van der Waals surface area contributed by atoms with E-state index >= 15 is 0 Å². The highest BCUT2D eigenvalue weighted by atomic mass is 127. The monoisotopic (exact) mass is 424 g/mol. The van der Waals surface area contributed by atoms with Gasteiger partial charge in [-0.3, -0.25) is 9.89 Å². The molecular weight excluding hydrogens is 391 g/mol. The van der Waals surface area contributed by atoms with Crippen LogP contribution in [0.4, 0.5) is 0 Å². The molecule has 1 atom stereocenters. The maximum Gasteiger partial charge on any atom is 0.193 e. The average Bonchev–Trinajstić information content (AvgIpc) is 3.18. The van der Waals surface area contributed by atoms with Crippen molar-refractivity contribution in [2.75, 3.05) is 46.9 Å². The lowest BCUT2D eigenvalue weighted by molar-refractivity contribution is 0.157. The van der Waals surface area contributed by atoms with Crippen LogP contribution in [0.1, 0.15) is 33.1 Å². The molecule has 1 saturated carbocycles. The molecule has 1 aliphatic heterocycles. The normalized spacial score (nSPS) is 22.4. The zero-order valence-corrected chi connectivity index (χ0v) is 16.9. The van der Waals surface area contributed by atoms with Crippen LogP contribution < -0.4 is 5.32 Å². The number of likely N-dealkylation sites (tertiary alicyclic amines) is 1. The van der Waals surface area contributed by atoms with Crippen LogP contribution in [-0.2, 0) is 4.74 Å². The molecule has 0 aromatic heterocycles. The third kappa shape index (κ3) is 5.85. The number of nitrogens with one attached hydrogen (secondary N) is 1. The summed E-state index contributed by atoms with van der Waals surface area (Å²) < 4.78 is 5.27.